The second kappa shape index (κ2) is 8.53. The summed E-state index contributed by atoms with van der Waals surface area (Å²) in [5.74, 6) is -0.0684. The third-order valence-electron chi connectivity index (χ3n) is 4.44. The predicted octanol–water partition coefficient (Wildman–Crippen LogP) is 4.81. The molecule has 29 heavy (non-hydrogen) atoms. The number of rotatable bonds is 7. The lowest BCUT2D eigenvalue weighted by molar-refractivity contribution is -0.136. The lowest BCUT2D eigenvalue weighted by atomic mass is 10.0. The molecule has 0 bridgehead atoms. The minimum Gasteiger partial charge on any atom is -0.491 e. The highest BCUT2D eigenvalue weighted by molar-refractivity contribution is 6.36. The van der Waals surface area contributed by atoms with Gasteiger partial charge in [-0.3, -0.25) is 14.5 Å². The fourth-order valence-electron chi connectivity index (χ4n) is 3.04. The van der Waals surface area contributed by atoms with Crippen molar-refractivity contribution >= 4 is 34.7 Å². The molecule has 5 nitrogen and oxygen atoms in total. The summed E-state index contributed by atoms with van der Waals surface area (Å²) in [6.07, 6.45) is 1.57. The van der Waals surface area contributed by atoms with Crippen molar-refractivity contribution in [2.75, 3.05) is 11.9 Å². The highest BCUT2D eigenvalue weighted by Gasteiger charge is 2.38. The zero-order chi connectivity index (χ0) is 21.1. The lowest BCUT2D eigenvalue weighted by Crippen LogP contribution is -2.32. The normalized spacial score (nSPS) is 14.0. The van der Waals surface area contributed by atoms with E-state index < -0.39 is 5.91 Å². The first kappa shape index (κ1) is 20.7. The number of nitrogens with one attached hydrogen (secondary N) is 1. The minimum atomic E-state index is -0.399. The highest BCUT2D eigenvalue weighted by Crippen LogP contribution is 2.32. The molecule has 0 fully saturated rings. The molecule has 1 heterocycles. The van der Waals surface area contributed by atoms with Crippen LogP contribution in [-0.4, -0.2) is 29.4 Å². The molecule has 0 aliphatic carbocycles. The van der Waals surface area contributed by atoms with Gasteiger partial charge < -0.3 is 10.1 Å². The Morgan fingerprint density at radius 1 is 1.14 bits per heavy atom. The van der Waals surface area contributed by atoms with E-state index in [1.807, 2.05) is 32.9 Å². The molecule has 1 N–H and O–H groups in total. The van der Waals surface area contributed by atoms with Crippen LogP contribution < -0.4 is 10.1 Å². The average Bonchev–Trinajstić information content (AvgIpc) is 2.90. The molecular formula is C23H23ClN2O3. The van der Waals surface area contributed by atoms with Crippen LogP contribution in [0.2, 0.25) is 5.02 Å². The SMILES string of the molecule is C=CCN1C(=O)C(Nc2ccc(C)c(Cl)c2)=C(c2ccc(OC(C)C)cc2)C1=O. The van der Waals surface area contributed by atoms with Gasteiger partial charge >= 0.3 is 0 Å². The maximum absolute atomic E-state index is 13.0. The van der Waals surface area contributed by atoms with E-state index in [4.69, 9.17) is 16.3 Å². The van der Waals surface area contributed by atoms with Crippen LogP contribution >= 0.6 is 11.6 Å². The van der Waals surface area contributed by atoms with Gasteiger partial charge in [0.05, 0.1) is 11.7 Å². The van der Waals surface area contributed by atoms with E-state index in [9.17, 15) is 9.59 Å². The van der Waals surface area contributed by atoms with Crippen molar-refractivity contribution in [1.82, 2.24) is 4.90 Å². The van der Waals surface area contributed by atoms with Gasteiger partial charge in [0.15, 0.2) is 0 Å². The molecule has 0 unspecified atom stereocenters. The van der Waals surface area contributed by atoms with Crippen LogP contribution in [0.1, 0.15) is 25.0 Å². The fraction of sp³-hybridized carbons (Fsp3) is 0.217. The van der Waals surface area contributed by atoms with Crippen molar-refractivity contribution in [1.29, 1.82) is 0 Å². The lowest BCUT2D eigenvalue weighted by Gasteiger charge is -2.12. The van der Waals surface area contributed by atoms with E-state index in [-0.39, 0.29) is 24.3 Å². The number of aryl methyl sites for hydroxylation is 1. The molecule has 2 amide bonds. The number of anilines is 1. The smallest absolute Gasteiger partial charge is 0.278 e. The third kappa shape index (κ3) is 4.35. The molecule has 0 radical (unpaired) electrons. The molecule has 0 saturated heterocycles. The van der Waals surface area contributed by atoms with Gasteiger partial charge in [0.2, 0.25) is 0 Å². The van der Waals surface area contributed by atoms with Crippen LogP contribution in [-0.2, 0) is 9.59 Å². The number of benzene rings is 2. The number of imide groups is 1. The summed E-state index contributed by atoms with van der Waals surface area (Å²) in [7, 11) is 0. The first-order chi connectivity index (χ1) is 13.8. The number of hydrogen-bond donors (Lipinski definition) is 1. The standard InChI is InChI=1S/C23H23ClN2O3/c1-5-12-26-22(27)20(16-7-10-18(11-8-16)29-14(2)3)21(23(26)28)25-17-9-6-15(4)19(24)13-17/h5-11,13-14,25H,1,12H2,2-4H3. The molecule has 2 aromatic carbocycles. The molecule has 0 saturated carbocycles. The zero-order valence-corrected chi connectivity index (χ0v) is 17.4. The van der Waals surface area contributed by atoms with Crippen molar-refractivity contribution in [3.63, 3.8) is 0 Å². The van der Waals surface area contributed by atoms with Gasteiger partial charge in [-0.1, -0.05) is 35.9 Å². The Morgan fingerprint density at radius 2 is 1.83 bits per heavy atom. The Bertz CT molecular complexity index is 994. The van der Waals surface area contributed by atoms with E-state index in [2.05, 4.69) is 11.9 Å². The minimum absolute atomic E-state index is 0.0429. The van der Waals surface area contributed by atoms with Crippen LogP contribution in [0.15, 0.2) is 60.8 Å². The maximum atomic E-state index is 13.0. The Hall–Kier alpha value is -3.05. The van der Waals surface area contributed by atoms with Crippen LogP contribution in [0.5, 0.6) is 5.75 Å². The first-order valence-electron chi connectivity index (χ1n) is 9.33. The summed E-state index contributed by atoms with van der Waals surface area (Å²) < 4.78 is 5.66. The fourth-order valence-corrected chi connectivity index (χ4v) is 3.22. The van der Waals surface area contributed by atoms with Crippen LogP contribution in [0.3, 0.4) is 0 Å². The summed E-state index contributed by atoms with van der Waals surface area (Å²) in [5, 5.41) is 3.67. The van der Waals surface area contributed by atoms with Crippen molar-refractivity contribution in [3.05, 3.63) is 77.0 Å². The molecule has 0 atom stereocenters. The van der Waals surface area contributed by atoms with Gasteiger partial charge in [-0.2, -0.15) is 0 Å². The molecule has 1 aliphatic rings. The predicted molar refractivity (Wildman–Crippen MR) is 116 cm³/mol. The van der Waals surface area contributed by atoms with E-state index >= 15 is 0 Å². The highest BCUT2D eigenvalue weighted by atomic mass is 35.5. The van der Waals surface area contributed by atoms with E-state index in [0.717, 1.165) is 5.56 Å². The summed E-state index contributed by atoms with van der Waals surface area (Å²) >= 11 is 6.21. The number of nitrogens with zero attached hydrogens (tertiary/aromatic N) is 1. The Morgan fingerprint density at radius 3 is 2.41 bits per heavy atom. The molecule has 2 aromatic rings. The van der Waals surface area contributed by atoms with E-state index in [1.165, 1.54) is 11.0 Å². The van der Waals surface area contributed by atoms with Crippen LogP contribution in [0.4, 0.5) is 5.69 Å². The number of halogens is 1. The van der Waals surface area contributed by atoms with E-state index in [0.29, 0.717) is 27.6 Å². The summed E-state index contributed by atoms with van der Waals surface area (Å²) in [5.41, 5.74) is 2.72. The van der Waals surface area contributed by atoms with Crippen molar-refractivity contribution in [2.24, 2.45) is 0 Å². The molecule has 1 aliphatic heterocycles. The van der Waals surface area contributed by atoms with Crippen molar-refractivity contribution < 1.29 is 14.3 Å². The van der Waals surface area contributed by atoms with Gasteiger partial charge in [-0.25, -0.2) is 0 Å². The molecule has 0 aromatic heterocycles. The van der Waals surface area contributed by atoms with Gasteiger partial charge in [0, 0.05) is 17.3 Å². The topological polar surface area (TPSA) is 58.6 Å². The third-order valence-corrected chi connectivity index (χ3v) is 4.84. The second-order valence-corrected chi connectivity index (χ2v) is 7.45. The maximum Gasteiger partial charge on any atom is 0.278 e. The van der Waals surface area contributed by atoms with Gasteiger partial charge in [0.25, 0.3) is 11.8 Å². The van der Waals surface area contributed by atoms with Gasteiger partial charge in [0.1, 0.15) is 11.4 Å². The number of carbonyl (C=O) groups is 2. The zero-order valence-electron chi connectivity index (χ0n) is 16.7. The quantitative estimate of drug-likeness (QED) is 0.525. The summed E-state index contributed by atoms with van der Waals surface area (Å²) in [4.78, 5) is 27.1. The number of hydrogen-bond acceptors (Lipinski definition) is 4. The number of ether oxygens (including phenoxy) is 1. The monoisotopic (exact) mass is 410 g/mol. The van der Waals surface area contributed by atoms with Crippen LogP contribution in [0, 0.1) is 6.92 Å². The molecule has 150 valence electrons. The Labute approximate surface area is 175 Å². The first-order valence-corrected chi connectivity index (χ1v) is 9.71. The molecular weight excluding hydrogens is 388 g/mol. The Kier molecular flexibility index (Phi) is 6.09. The van der Waals surface area contributed by atoms with Crippen molar-refractivity contribution in [2.45, 2.75) is 26.9 Å². The molecule has 3 rings (SSSR count). The van der Waals surface area contributed by atoms with Crippen molar-refractivity contribution in [3.8, 4) is 5.75 Å². The van der Waals surface area contributed by atoms with E-state index in [1.54, 1.807) is 30.3 Å². The summed E-state index contributed by atoms with van der Waals surface area (Å²) in [6.45, 7) is 9.56. The number of amides is 2. The number of carbonyl (C=O) groups excluding carboxylic acids is 2. The average molecular weight is 411 g/mol. The second-order valence-electron chi connectivity index (χ2n) is 7.04. The largest absolute Gasteiger partial charge is 0.491 e. The van der Waals surface area contributed by atoms with Gasteiger partial charge in [-0.15, -0.1) is 6.58 Å². The Balaban J connectivity index is 2.03. The summed E-state index contributed by atoms with van der Waals surface area (Å²) in [6, 6.07) is 12.5. The van der Waals surface area contributed by atoms with Crippen LogP contribution in [0.25, 0.3) is 5.57 Å². The molecule has 0 spiro atoms. The molecule has 6 heteroatoms. The van der Waals surface area contributed by atoms with Gasteiger partial charge in [-0.05, 0) is 56.2 Å².